The molecule has 0 aliphatic heterocycles. The fourth-order valence-electron chi connectivity index (χ4n) is 2.94. The normalized spacial score (nSPS) is 11.3. The molecule has 1 amide bonds. The third-order valence-electron chi connectivity index (χ3n) is 4.20. The molecule has 2 heterocycles. The van der Waals surface area contributed by atoms with Gasteiger partial charge in [-0.05, 0) is 19.9 Å². The summed E-state index contributed by atoms with van der Waals surface area (Å²) in [7, 11) is 0. The smallest absolute Gasteiger partial charge is 0.282 e. The predicted molar refractivity (Wildman–Crippen MR) is 121 cm³/mol. The molecule has 0 bridgehead atoms. The Labute approximate surface area is 184 Å². The van der Waals surface area contributed by atoms with Crippen molar-refractivity contribution in [3.63, 3.8) is 0 Å². The van der Waals surface area contributed by atoms with Crippen molar-refractivity contribution in [2.45, 2.75) is 50.7 Å². The van der Waals surface area contributed by atoms with Crippen LogP contribution in [0, 0.1) is 10.1 Å². The van der Waals surface area contributed by atoms with E-state index in [-0.39, 0.29) is 23.8 Å². The number of carbonyl (C=O) groups excluding carboxylic acids is 1. The monoisotopic (exact) mass is 443 g/mol. The molecule has 0 unspecified atom stereocenters. The van der Waals surface area contributed by atoms with E-state index in [1.165, 1.54) is 18.2 Å². The van der Waals surface area contributed by atoms with Gasteiger partial charge in [-0.3, -0.25) is 14.9 Å². The molecule has 0 aliphatic rings. The topological polar surface area (TPSA) is 128 Å². The first kappa shape index (κ1) is 22.5. The van der Waals surface area contributed by atoms with Crippen molar-refractivity contribution in [1.29, 1.82) is 0 Å². The van der Waals surface area contributed by atoms with Crippen molar-refractivity contribution in [2.75, 3.05) is 11.9 Å². The lowest BCUT2D eigenvalue weighted by molar-refractivity contribution is -0.385. The Bertz CT molecular complexity index is 1100. The summed E-state index contributed by atoms with van der Waals surface area (Å²) >= 11 is 1.56. The number of hydrogen-bond donors (Lipinski definition) is 2. The van der Waals surface area contributed by atoms with Gasteiger partial charge >= 0.3 is 0 Å². The molecule has 0 saturated heterocycles. The van der Waals surface area contributed by atoms with E-state index in [9.17, 15) is 14.9 Å². The van der Waals surface area contributed by atoms with E-state index in [0.29, 0.717) is 22.6 Å². The van der Waals surface area contributed by atoms with Crippen LogP contribution >= 0.6 is 11.8 Å². The summed E-state index contributed by atoms with van der Waals surface area (Å²) in [6.45, 7) is 8.82. The molecule has 164 valence electrons. The van der Waals surface area contributed by atoms with E-state index in [1.54, 1.807) is 28.7 Å². The van der Waals surface area contributed by atoms with Gasteiger partial charge in [0, 0.05) is 23.9 Å². The minimum absolute atomic E-state index is 0.0270. The zero-order valence-electron chi connectivity index (χ0n) is 17.8. The molecule has 0 saturated carbocycles. The highest BCUT2D eigenvalue weighted by Gasteiger charge is 2.19. The van der Waals surface area contributed by atoms with Gasteiger partial charge in [-0.2, -0.15) is 5.10 Å². The minimum atomic E-state index is -0.565. The van der Waals surface area contributed by atoms with Crippen LogP contribution in [-0.4, -0.2) is 48.4 Å². The molecule has 3 aromatic rings. The standard InChI is InChI=1S/C20H25N7O3S/c1-12(2)23-17-15-11-22-26(18(15)25-20(24-17)31-13(3)4)10-9-21-19(28)14-7-5-6-8-16(14)27(29)30/h5-8,11-13H,9-10H2,1-4H3,(H,21,28)(H,23,24,25). The van der Waals surface area contributed by atoms with E-state index in [1.807, 2.05) is 13.8 Å². The number of benzene rings is 1. The fourth-order valence-corrected chi connectivity index (χ4v) is 3.65. The molecular weight excluding hydrogens is 418 g/mol. The largest absolute Gasteiger partial charge is 0.367 e. The Morgan fingerprint density at radius 3 is 2.65 bits per heavy atom. The number of hydrogen-bond acceptors (Lipinski definition) is 8. The SMILES string of the molecule is CC(C)Nc1nc(SC(C)C)nc2c1cnn2CCNC(=O)c1ccccc1[N+](=O)[O-]. The number of amides is 1. The summed E-state index contributed by atoms with van der Waals surface area (Å²) in [6.07, 6.45) is 1.70. The molecule has 2 N–H and O–H groups in total. The van der Waals surface area contributed by atoms with Gasteiger partial charge in [0.1, 0.15) is 11.4 Å². The highest BCUT2D eigenvalue weighted by atomic mass is 32.2. The van der Waals surface area contributed by atoms with Gasteiger partial charge in [0.2, 0.25) is 0 Å². The number of nitrogens with one attached hydrogen (secondary N) is 2. The van der Waals surface area contributed by atoms with E-state index < -0.39 is 10.8 Å². The minimum Gasteiger partial charge on any atom is -0.367 e. The molecule has 0 fully saturated rings. The zero-order valence-corrected chi connectivity index (χ0v) is 18.6. The van der Waals surface area contributed by atoms with Gasteiger partial charge in [-0.1, -0.05) is 37.7 Å². The lowest BCUT2D eigenvalue weighted by atomic mass is 10.1. The molecule has 0 spiro atoms. The van der Waals surface area contributed by atoms with Crippen molar-refractivity contribution in [2.24, 2.45) is 0 Å². The van der Waals surface area contributed by atoms with Crippen molar-refractivity contribution < 1.29 is 9.72 Å². The summed E-state index contributed by atoms with van der Waals surface area (Å²) in [5, 5.41) is 23.4. The Kier molecular flexibility index (Phi) is 7.06. The molecule has 10 nitrogen and oxygen atoms in total. The first-order chi connectivity index (χ1) is 14.8. The van der Waals surface area contributed by atoms with E-state index in [0.717, 1.165) is 11.2 Å². The third kappa shape index (κ3) is 5.48. The first-order valence-electron chi connectivity index (χ1n) is 9.94. The van der Waals surface area contributed by atoms with E-state index >= 15 is 0 Å². The highest BCUT2D eigenvalue weighted by molar-refractivity contribution is 7.99. The average molecular weight is 444 g/mol. The molecule has 1 aromatic carbocycles. The molecule has 31 heavy (non-hydrogen) atoms. The molecule has 0 aliphatic carbocycles. The van der Waals surface area contributed by atoms with Crippen LogP contribution in [0.4, 0.5) is 11.5 Å². The lowest BCUT2D eigenvalue weighted by Crippen LogP contribution is -2.28. The number of aromatic nitrogens is 4. The van der Waals surface area contributed by atoms with Gasteiger partial charge in [0.05, 0.1) is 23.1 Å². The summed E-state index contributed by atoms with van der Waals surface area (Å²) in [5.74, 6) is 0.218. The molecule has 2 aromatic heterocycles. The van der Waals surface area contributed by atoms with Crippen LogP contribution in [0.15, 0.2) is 35.6 Å². The summed E-state index contributed by atoms with van der Waals surface area (Å²) in [4.78, 5) is 32.3. The maximum Gasteiger partial charge on any atom is 0.282 e. The molecular formula is C20H25N7O3S. The third-order valence-corrected chi connectivity index (χ3v) is 5.06. The zero-order chi connectivity index (χ0) is 22.5. The van der Waals surface area contributed by atoms with Crippen LogP contribution in [0.2, 0.25) is 0 Å². The summed E-state index contributed by atoms with van der Waals surface area (Å²) in [6, 6.07) is 6.06. The number of nitro groups is 1. The van der Waals surface area contributed by atoms with Gasteiger partial charge < -0.3 is 10.6 Å². The van der Waals surface area contributed by atoms with Crippen LogP contribution in [0.5, 0.6) is 0 Å². The van der Waals surface area contributed by atoms with Crippen LogP contribution in [0.3, 0.4) is 0 Å². The molecule has 11 heteroatoms. The Morgan fingerprint density at radius 2 is 1.97 bits per heavy atom. The number of carbonyl (C=O) groups is 1. The molecule has 3 rings (SSSR count). The average Bonchev–Trinajstić information content (AvgIpc) is 3.10. The van der Waals surface area contributed by atoms with E-state index in [4.69, 9.17) is 0 Å². The summed E-state index contributed by atoms with van der Waals surface area (Å²) < 4.78 is 1.70. The first-order valence-corrected chi connectivity index (χ1v) is 10.8. The van der Waals surface area contributed by atoms with Gasteiger partial charge in [-0.25, -0.2) is 14.6 Å². The maximum atomic E-state index is 12.4. The van der Waals surface area contributed by atoms with Gasteiger partial charge in [-0.15, -0.1) is 0 Å². The number of nitrogens with zero attached hydrogens (tertiary/aromatic N) is 5. The number of para-hydroxylation sites is 1. The van der Waals surface area contributed by atoms with Crippen molar-refractivity contribution in [3.8, 4) is 0 Å². The second kappa shape index (κ2) is 9.73. The maximum absolute atomic E-state index is 12.4. The quantitative estimate of drug-likeness (QED) is 0.223. The van der Waals surface area contributed by atoms with Crippen molar-refractivity contribution in [1.82, 2.24) is 25.1 Å². The number of rotatable bonds is 9. The van der Waals surface area contributed by atoms with E-state index in [2.05, 4.69) is 39.5 Å². The van der Waals surface area contributed by atoms with Crippen molar-refractivity contribution >= 4 is 40.2 Å². The number of anilines is 1. The highest BCUT2D eigenvalue weighted by Crippen LogP contribution is 2.27. The fraction of sp³-hybridized carbons (Fsp3) is 0.400. The lowest BCUT2D eigenvalue weighted by Gasteiger charge is -2.12. The molecule has 0 atom stereocenters. The Balaban J connectivity index is 1.79. The van der Waals surface area contributed by atoms with Gasteiger partial charge in [0.25, 0.3) is 11.6 Å². The van der Waals surface area contributed by atoms with Crippen molar-refractivity contribution in [3.05, 3.63) is 46.1 Å². The van der Waals surface area contributed by atoms with Crippen LogP contribution in [0.1, 0.15) is 38.1 Å². The number of nitro benzene ring substituents is 1. The molecule has 0 radical (unpaired) electrons. The Morgan fingerprint density at radius 1 is 1.23 bits per heavy atom. The van der Waals surface area contributed by atoms with Crippen LogP contribution < -0.4 is 10.6 Å². The summed E-state index contributed by atoms with van der Waals surface area (Å²) in [5.41, 5.74) is 0.470. The predicted octanol–water partition coefficient (Wildman–Crippen LogP) is 3.49. The van der Waals surface area contributed by atoms with Crippen LogP contribution in [-0.2, 0) is 6.54 Å². The number of thioether (sulfide) groups is 1. The Hall–Kier alpha value is -3.21. The van der Waals surface area contributed by atoms with Gasteiger partial charge in [0.15, 0.2) is 10.8 Å². The number of fused-ring (bicyclic) bond motifs is 1. The second-order valence-electron chi connectivity index (χ2n) is 7.46. The second-order valence-corrected chi connectivity index (χ2v) is 9.00. The van der Waals surface area contributed by atoms with Crippen LogP contribution in [0.25, 0.3) is 11.0 Å².